The van der Waals surface area contributed by atoms with E-state index in [-0.39, 0.29) is 24.0 Å². The molecule has 1 aliphatic heterocycles. The molecule has 0 unspecified atom stereocenters. The first-order chi connectivity index (χ1) is 7.88. The number of nitrogens with zero attached hydrogens (tertiary/aromatic N) is 2. The van der Waals surface area contributed by atoms with Gasteiger partial charge >= 0.3 is 6.18 Å². The van der Waals surface area contributed by atoms with E-state index in [2.05, 4.69) is 4.98 Å². The number of halogens is 4. The SMILES string of the molecule is O[C@@H]1CON(c2ncc(C(F)(F)F)cc2Cl)C1. The Kier molecular flexibility index (Phi) is 3.15. The number of hydrogen-bond acceptors (Lipinski definition) is 4. The molecule has 1 aliphatic rings. The van der Waals surface area contributed by atoms with Crippen LogP contribution in [0.15, 0.2) is 12.3 Å². The molecular weight excluding hydrogens is 261 g/mol. The summed E-state index contributed by atoms with van der Waals surface area (Å²) in [7, 11) is 0. The average molecular weight is 269 g/mol. The first-order valence-corrected chi connectivity index (χ1v) is 5.07. The standard InChI is InChI=1S/C9H8ClF3N2O2/c10-7-1-5(9(11,12)13)2-14-8(7)15-3-6(16)4-17-15/h1-2,6,16H,3-4H2/t6-/m0/s1. The van der Waals surface area contributed by atoms with Gasteiger partial charge in [-0.05, 0) is 6.07 Å². The second-order valence-corrected chi connectivity index (χ2v) is 3.95. The predicted octanol–water partition coefficient (Wildman–Crippen LogP) is 1.87. The molecule has 1 aromatic rings. The molecule has 0 aliphatic carbocycles. The molecule has 1 N–H and O–H groups in total. The highest BCUT2D eigenvalue weighted by Crippen LogP contribution is 2.34. The molecule has 0 saturated carbocycles. The third-order valence-electron chi connectivity index (χ3n) is 2.18. The number of hydroxylamine groups is 1. The van der Waals surface area contributed by atoms with Crippen LogP contribution in [0.4, 0.5) is 19.0 Å². The van der Waals surface area contributed by atoms with Crippen LogP contribution in [0.2, 0.25) is 5.02 Å². The van der Waals surface area contributed by atoms with Gasteiger partial charge in [-0.1, -0.05) is 11.6 Å². The number of aliphatic hydroxyl groups excluding tert-OH is 1. The molecule has 0 bridgehead atoms. The van der Waals surface area contributed by atoms with Gasteiger partial charge in [0.15, 0.2) is 5.82 Å². The van der Waals surface area contributed by atoms with E-state index in [0.717, 1.165) is 6.07 Å². The van der Waals surface area contributed by atoms with Crippen LogP contribution in [0.5, 0.6) is 0 Å². The Labute approximate surface area is 99.5 Å². The number of rotatable bonds is 1. The van der Waals surface area contributed by atoms with Gasteiger partial charge in [0.25, 0.3) is 0 Å². The number of anilines is 1. The maximum Gasteiger partial charge on any atom is 0.417 e. The van der Waals surface area contributed by atoms with Crippen molar-refractivity contribution in [3.8, 4) is 0 Å². The lowest BCUT2D eigenvalue weighted by molar-refractivity contribution is -0.137. The fourth-order valence-corrected chi connectivity index (χ4v) is 1.65. The molecule has 0 radical (unpaired) electrons. The molecular formula is C9H8ClF3N2O2. The Balaban J connectivity index is 2.26. The van der Waals surface area contributed by atoms with Crippen molar-refractivity contribution in [2.24, 2.45) is 0 Å². The van der Waals surface area contributed by atoms with E-state index >= 15 is 0 Å². The molecule has 1 atom stereocenters. The van der Waals surface area contributed by atoms with Crippen molar-refractivity contribution < 1.29 is 23.1 Å². The van der Waals surface area contributed by atoms with Crippen LogP contribution in [-0.4, -0.2) is 29.3 Å². The number of aliphatic hydroxyl groups is 1. The molecule has 0 spiro atoms. The largest absolute Gasteiger partial charge is 0.417 e. The Hall–Kier alpha value is -1.05. The summed E-state index contributed by atoms with van der Waals surface area (Å²) >= 11 is 5.70. The monoisotopic (exact) mass is 268 g/mol. The van der Waals surface area contributed by atoms with Gasteiger partial charge in [-0.3, -0.25) is 4.84 Å². The van der Waals surface area contributed by atoms with Crippen LogP contribution >= 0.6 is 11.6 Å². The van der Waals surface area contributed by atoms with Crippen molar-refractivity contribution in [1.29, 1.82) is 0 Å². The Morgan fingerprint density at radius 2 is 2.24 bits per heavy atom. The van der Waals surface area contributed by atoms with Gasteiger partial charge < -0.3 is 5.11 Å². The van der Waals surface area contributed by atoms with E-state index in [0.29, 0.717) is 6.20 Å². The second-order valence-electron chi connectivity index (χ2n) is 3.54. The summed E-state index contributed by atoms with van der Waals surface area (Å²) in [5.74, 6) is 0.0659. The summed E-state index contributed by atoms with van der Waals surface area (Å²) in [5, 5.41) is 10.2. The summed E-state index contributed by atoms with van der Waals surface area (Å²) in [6, 6.07) is 0.776. The zero-order valence-corrected chi connectivity index (χ0v) is 9.16. The highest BCUT2D eigenvalue weighted by molar-refractivity contribution is 6.33. The lowest BCUT2D eigenvalue weighted by Crippen LogP contribution is -2.21. The molecule has 94 valence electrons. The normalized spacial score (nSPS) is 21.0. The van der Waals surface area contributed by atoms with E-state index < -0.39 is 17.8 Å². The number of pyridine rings is 1. The van der Waals surface area contributed by atoms with E-state index in [4.69, 9.17) is 16.4 Å². The smallest absolute Gasteiger partial charge is 0.389 e. The lowest BCUT2D eigenvalue weighted by atomic mass is 10.2. The van der Waals surface area contributed by atoms with Crippen molar-refractivity contribution in [3.63, 3.8) is 0 Å². The molecule has 4 nitrogen and oxygen atoms in total. The molecule has 0 amide bonds. The quantitative estimate of drug-likeness (QED) is 0.845. The van der Waals surface area contributed by atoms with Crippen molar-refractivity contribution in [2.45, 2.75) is 12.3 Å². The van der Waals surface area contributed by atoms with E-state index in [1.165, 1.54) is 5.06 Å². The van der Waals surface area contributed by atoms with Crippen LogP contribution in [0.1, 0.15) is 5.56 Å². The molecule has 0 aromatic carbocycles. The zero-order valence-electron chi connectivity index (χ0n) is 8.41. The van der Waals surface area contributed by atoms with Crippen molar-refractivity contribution in [1.82, 2.24) is 4.98 Å². The second kappa shape index (κ2) is 4.32. The zero-order chi connectivity index (χ0) is 12.6. The molecule has 1 saturated heterocycles. The highest BCUT2D eigenvalue weighted by atomic mass is 35.5. The van der Waals surface area contributed by atoms with E-state index in [1.807, 2.05) is 0 Å². The molecule has 8 heteroatoms. The summed E-state index contributed by atoms with van der Waals surface area (Å²) in [6.45, 7) is 0.192. The minimum absolute atomic E-state index is 0.0659. The van der Waals surface area contributed by atoms with Crippen molar-refractivity contribution in [2.75, 3.05) is 18.2 Å². The fraction of sp³-hybridized carbons (Fsp3) is 0.444. The lowest BCUT2D eigenvalue weighted by Gasteiger charge is -2.17. The van der Waals surface area contributed by atoms with E-state index in [1.54, 1.807) is 0 Å². The maximum atomic E-state index is 12.4. The Bertz CT molecular complexity index is 427. The molecule has 2 heterocycles. The first kappa shape index (κ1) is 12.4. The first-order valence-electron chi connectivity index (χ1n) is 4.69. The number of β-amino-alcohol motifs (C(OH)–C–C–N with tert-alkyl or cyclic N) is 1. The minimum Gasteiger partial charge on any atom is -0.389 e. The summed E-state index contributed by atoms with van der Waals surface area (Å²) in [4.78, 5) is 8.61. The molecule has 2 rings (SSSR count). The Morgan fingerprint density at radius 1 is 1.53 bits per heavy atom. The van der Waals surface area contributed by atoms with Gasteiger partial charge in [0, 0.05) is 6.20 Å². The fourth-order valence-electron chi connectivity index (χ4n) is 1.39. The number of aromatic nitrogens is 1. The molecule has 1 fully saturated rings. The molecule has 1 aromatic heterocycles. The highest BCUT2D eigenvalue weighted by Gasteiger charge is 2.33. The van der Waals surface area contributed by atoms with Crippen molar-refractivity contribution in [3.05, 3.63) is 22.8 Å². The summed E-state index contributed by atoms with van der Waals surface area (Å²) < 4.78 is 37.1. The Morgan fingerprint density at radius 3 is 2.71 bits per heavy atom. The summed E-state index contributed by atoms with van der Waals surface area (Å²) in [6.07, 6.45) is -4.51. The van der Waals surface area contributed by atoms with Crippen LogP contribution in [-0.2, 0) is 11.0 Å². The van der Waals surface area contributed by atoms with Crippen molar-refractivity contribution >= 4 is 17.4 Å². The summed E-state index contributed by atoms with van der Waals surface area (Å²) in [5.41, 5.74) is -0.925. The predicted molar refractivity (Wildman–Crippen MR) is 53.6 cm³/mol. The van der Waals surface area contributed by atoms with Gasteiger partial charge in [0.2, 0.25) is 0 Å². The maximum absolute atomic E-state index is 12.4. The van der Waals surface area contributed by atoms with Crippen LogP contribution in [0.3, 0.4) is 0 Å². The third kappa shape index (κ3) is 2.62. The third-order valence-corrected chi connectivity index (χ3v) is 2.46. The minimum atomic E-state index is -4.49. The van der Waals surface area contributed by atoms with Gasteiger partial charge in [-0.2, -0.15) is 13.2 Å². The molecule has 17 heavy (non-hydrogen) atoms. The van der Waals surface area contributed by atoms with Crippen LogP contribution < -0.4 is 5.06 Å². The van der Waals surface area contributed by atoms with Gasteiger partial charge in [-0.25, -0.2) is 10.0 Å². The van der Waals surface area contributed by atoms with Crippen LogP contribution in [0, 0.1) is 0 Å². The van der Waals surface area contributed by atoms with Gasteiger partial charge in [-0.15, -0.1) is 0 Å². The van der Waals surface area contributed by atoms with E-state index in [9.17, 15) is 18.3 Å². The number of alkyl halides is 3. The number of hydrogen-bond donors (Lipinski definition) is 1. The van der Waals surface area contributed by atoms with Crippen LogP contribution in [0.25, 0.3) is 0 Å². The topological polar surface area (TPSA) is 45.6 Å². The van der Waals surface area contributed by atoms with Gasteiger partial charge in [0.05, 0.1) is 23.2 Å². The average Bonchev–Trinajstić information content (AvgIpc) is 2.63. The van der Waals surface area contributed by atoms with Gasteiger partial charge in [0.1, 0.15) is 6.61 Å².